The number of nitrogens with zero attached hydrogens (tertiary/aromatic N) is 4. The van der Waals surface area contributed by atoms with Crippen molar-refractivity contribution in [1.29, 1.82) is 0 Å². The van der Waals surface area contributed by atoms with Gasteiger partial charge in [0, 0.05) is 20.0 Å². The van der Waals surface area contributed by atoms with Crippen LogP contribution in [-0.4, -0.2) is 33.5 Å². The Kier molecular flexibility index (Phi) is 2.56. The number of aryl methyl sites for hydroxylation is 2. The van der Waals surface area contributed by atoms with Crippen LogP contribution in [0.15, 0.2) is 0 Å². The van der Waals surface area contributed by atoms with Gasteiger partial charge in [-0.15, -0.1) is 0 Å². The predicted octanol–water partition coefficient (Wildman–Crippen LogP) is 1.58. The lowest BCUT2D eigenvalue weighted by atomic mass is 10.1. The van der Waals surface area contributed by atoms with E-state index < -0.39 is 10.6 Å². The topological polar surface area (TPSA) is 64.2 Å². The molecule has 0 bridgehead atoms. The summed E-state index contributed by atoms with van der Waals surface area (Å²) < 4.78 is 15.2. The van der Waals surface area contributed by atoms with E-state index >= 15 is 0 Å². The summed E-state index contributed by atoms with van der Waals surface area (Å²) in [4.78, 5) is 12.2. The molecule has 0 aliphatic carbocycles. The van der Waals surface area contributed by atoms with Gasteiger partial charge in [-0.2, -0.15) is 5.10 Å². The second-order valence-electron chi connectivity index (χ2n) is 4.72. The number of anilines is 1. The Hall–Kier alpha value is -1.66. The van der Waals surface area contributed by atoms with Gasteiger partial charge in [-0.3, -0.25) is 10.1 Å². The first kappa shape index (κ1) is 11.8. The minimum atomic E-state index is -1.29. The van der Waals surface area contributed by atoms with Crippen LogP contribution in [0.3, 0.4) is 0 Å². The van der Waals surface area contributed by atoms with E-state index in [9.17, 15) is 14.5 Å². The van der Waals surface area contributed by atoms with Crippen molar-refractivity contribution in [2.24, 2.45) is 7.05 Å². The predicted molar refractivity (Wildman–Crippen MR) is 60.9 cm³/mol. The summed E-state index contributed by atoms with van der Waals surface area (Å²) in [6.45, 7) is 3.76. The minimum Gasteiger partial charge on any atom is -0.348 e. The number of aromatic nitrogens is 2. The van der Waals surface area contributed by atoms with E-state index in [1.807, 2.05) is 0 Å². The fraction of sp³-hybridized carbons (Fsp3) is 0.700. The Balaban J connectivity index is 2.42. The van der Waals surface area contributed by atoms with E-state index in [2.05, 4.69) is 5.10 Å². The molecule has 1 fully saturated rings. The van der Waals surface area contributed by atoms with Crippen LogP contribution in [0.2, 0.25) is 0 Å². The zero-order valence-corrected chi connectivity index (χ0v) is 10.1. The van der Waals surface area contributed by atoms with Gasteiger partial charge in [0.05, 0.1) is 11.5 Å². The third kappa shape index (κ3) is 1.96. The largest absolute Gasteiger partial charge is 0.348 e. The molecule has 1 saturated heterocycles. The third-order valence-electron chi connectivity index (χ3n) is 3.07. The van der Waals surface area contributed by atoms with Gasteiger partial charge in [0.2, 0.25) is 5.82 Å². The van der Waals surface area contributed by atoms with Crippen LogP contribution >= 0.6 is 0 Å². The van der Waals surface area contributed by atoms with Crippen LogP contribution in [0.5, 0.6) is 0 Å². The molecule has 94 valence electrons. The summed E-state index contributed by atoms with van der Waals surface area (Å²) in [5.74, 6) is 0.397. The monoisotopic (exact) mass is 242 g/mol. The zero-order valence-electron chi connectivity index (χ0n) is 10.1. The van der Waals surface area contributed by atoms with E-state index in [-0.39, 0.29) is 12.2 Å². The summed E-state index contributed by atoms with van der Waals surface area (Å²) in [6.07, 6.45) is 0.383. The molecule has 0 radical (unpaired) electrons. The lowest BCUT2D eigenvalue weighted by Crippen LogP contribution is -2.27. The smallest absolute Gasteiger partial charge is 0.333 e. The molecular formula is C10H15FN4O2. The van der Waals surface area contributed by atoms with E-state index in [1.54, 1.807) is 18.9 Å². The van der Waals surface area contributed by atoms with Crippen LogP contribution in [0.4, 0.5) is 15.9 Å². The van der Waals surface area contributed by atoms with Gasteiger partial charge in [0.1, 0.15) is 11.4 Å². The average Bonchev–Trinajstić information content (AvgIpc) is 2.66. The molecule has 1 aliphatic heterocycles. The molecule has 0 unspecified atom stereocenters. The van der Waals surface area contributed by atoms with Crippen molar-refractivity contribution in [3.8, 4) is 0 Å². The molecule has 1 aliphatic rings. The van der Waals surface area contributed by atoms with Crippen molar-refractivity contribution >= 4 is 11.5 Å². The van der Waals surface area contributed by atoms with Gasteiger partial charge >= 0.3 is 5.69 Å². The highest BCUT2D eigenvalue weighted by atomic mass is 19.1. The normalized spacial score (nSPS) is 24.4. The van der Waals surface area contributed by atoms with Crippen molar-refractivity contribution in [2.75, 3.05) is 18.0 Å². The average molecular weight is 242 g/mol. The Bertz CT molecular complexity index is 469. The van der Waals surface area contributed by atoms with Gasteiger partial charge in [-0.1, -0.05) is 0 Å². The molecule has 17 heavy (non-hydrogen) atoms. The van der Waals surface area contributed by atoms with Crippen molar-refractivity contribution < 1.29 is 9.31 Å². The lowest BCUT2D eigenvalue weighted by molar-refractivity contribution is -0.384. The summed E-state index contributed by atoms with van der Waals surface area (Å²) in [5.41, 5.74) is -0.948. The Morgan fingerprint density at radius 1 is 1.59 bits per heavy atom. The molecule has 0 aromatic carbocycles. The first-order valence-corrected chi connectivity index (χ1v) is 5.44. The van der Waals surface area contributed by atoms with Crippen molar-refractivity contribution in [3.05, 3.63) is 15.8 Å². The highest BCUT2D eigenvalue weighted by molar-refractivity contribution is 5.62. The van der Waals surface area contributed by atoms with Crippen molar-refractivity contribution in [3.63, 3.8) is 0 Å². The number of alkyl halides is 1. The molecule has 0 N–H and O–H groups in total. The molecule has 2 rings (SSSR count). The molecular weight excluding hydrogens is 227 g/mol. The fourth-order valence-electron chi connectivity index (χ4n) is 2.31. The van der Waals surface area contributed by atoms with Gasteiger partial charge < -0.3 is 4.90 Å². The second kappa shape index (κ2) is 3.68. The molecule has 0 spiro atoms. The van der Waals surface area contributed by atoms with E-state index in [4.69, 9.17) is 0 Å². The molecule has 0 amide bonds. The van der Waals surface area contributed by atoms with E-state index in [1.165, 1.54) is 11.6 Å². The lowest BCUT2D eigenvalue weighted by Gasteiger charge is -2.18. The number of rotatable bonds is 2. The molecule has 0 saturated carbocycles. The van der Waals surface area contributed by atoms with Crippen LogP contribution in [0.1, 0.15) is 19.0 Å². The highest BCUT2D eigenvalue weighted by Gasteiger charge is 2.38. The first-order valence-electron chi connectivity index (χ1n) is 5.44. The summed E-state index contributed by atoms with van der Waals surface area (Å²) in [5, 5.41) is 15.0. The maximum atomic E-state index is 13.8. The van der Waals surface area contributed by atoms with Crippen LogP contribution < -0.4 is 4.90 Å². The van der Waals surface area contributed by atoms with E-state index in [0.29, 0.717) is 24.5 Å². The molecule has 2 heterocycles. The van der Waals surface area contributed by atoms with Crippen LogP contribution in [0.25, 0.3) is 0 Å². The van der Waals surface area contributed by atoms with E-state index in [0.717, 1.165) is 0 Å². The maximum absolute atomic E-state index is 13.8. The SMILES string of the molecule is Cc1nn(C)c(N2CC[C@@](C)(F)C2)c1[N+](=O)[O-]. The minimum absolute atomic E-state index is 0.0230. The Labute approximate surface area is 98.2 Å². The summed E-state index contributed by atoms with van der Waals surface area (Å²) in [6, 6.07) is 0. The van der Waals surface area contributed by atoms with Crippen LogP contribution in [-0.2, 0) is 7.05 Å². The number of nitro groups is 1. The summed E-state index contributed by atoms with van der Waals surface area (Å²) >= 11 is 0. The van der Waals surface area contributed by atoms with Crippen LogP contribution in [0, 0.1) is 17.0 Å². The van der Waals surface area contributed by atoms with Gasteiger partial charge in [0.25, 0.3) is 0 Å². The Morgan fingerprint density at radius 2 is 2.24 bits per heavy atom. The fourth-order valence-corrected chi connectivity index (χ4v) is 2.31. The Morgan fingerprint density at radius 3 is 2.71 bits per heavy atom. The van der Waals surface area contributed by atoms with Crippen molar-refractivity contribution in [2.45, 2.75) is 25.9 Å². The summed E-state index contributed by atoms with van der Waals surface area (Å²) in [7, 11) is 1.64. The number of hydrogen-bond donors (Lipinski definition) is 0. The van der Waals surface area contributed by atoms with Gasteiger partial charge in [-0.25, -0.2) is 9.07 Å². The number of halogens is 1. The maximum Gasteiger partial charge on any atom is 0.333 e. The quantitative estimate of drug-likeness (QED) is 0.583. The molecule has 1 aromatic rings. The van der Waals surface area contributed by atoms with Gasteiger partial charge in [-0.05, 0) is 13.8 Å². The van der Waals surface area contributed by atoms with Gasteiger partial charge in [0.15, 0.2) is 0 Å². The zero-order chi connectivity index (χ0) is 12.8. The second-order valence-corrected chi connectivity index (χ2v) is 4.72. The molecule has 6 nitrogen and oxygen atoms in total. The first-order chi connectivity index (χ1) is 7.82. The third-order valence-corrected chi connectivity index (χ3v) is 3.07. The number of hydrogen-bond acceptors (Lipinski definition) is 4. The van der Waals surface area contributed by atoms with Crippen molar-refractivity contribution in [1.82, 2.24) is 9.78 Å². The molecule has 1 atom stereocenters. The standard InChI is InChI=1S/C10H15FN4O2/c1-7-8(15(16)17)9(13(3)12-7)14-5-4-10(2,11)6-14/h4-6H2,1-3H3/t10-/m1/s1. The highest BCUT2D eigenvalue weighted by Crippen LogP contribution is 2.36. The molecule has 1 aromatic heterocycles. The molecule has 7 heteroatoms.